The highest BCUT2D eigenvalue weighted by Gasteiger charge is 2.53. The first-order valence-electron chi connectivity index (χ1n) is 5.73. The van der Waals surface area contributed by atoms with E-state index in [1.807, 2.05) is 20.8 Å². The summed E-state index contributed by atoms with van der Waals surface area (Å²) in [5, 5.41) is 10.4. The minimum absolute atomic E-state index is 0.232. The van der Waals surface area contributed by atoms with E-state index in [1.54, 1.807) is 12.1 Å². The molecule has 0 N–H and O–H groups in total. The molecule has 0 aliphatic carbocycles. The molecule has 1 heterocycles. The summed E-state index contributed by atoms with van der Waals surface area (Å²) in [7, 11) is 3.03. The number of hydrogen-bond acceptors (Lipinski definition) is 3. The summed E-state index contributed by atoms with van der Waals surface area (Å²) in [4.78, 5) is 0. The van der Waals surface area contributed by atoms with Crippen LogP contribution in [0.2, 0.25) is 10.0 Å². The molecule has 1 aromatic carbocycles. The summed E-state index contributed by atoms with van der Waals surface area (Å²) in [5.74, 6) is 0.207. The highest BCUT2D eigenvalue weighted by Crippen LogP contribution is 2.52. The van der Waals surface area contributed by atoms with Gasteiger partial charge in [0.15, 0.2) is 5.60 Å². The van der Waals surface area contributed by atoms with Gasteiger partial charge in [-0.3, -0.25) is 0 Å². The first-order valence-corrected chi connectivity index (χ1v) is 6.89. The van der Waals surface area contributed by atoms with Crippen LogP contribution in [0.25, 0.3) is 0 Å². The van der Waals surface area contributed by atoms with Crippen LogP contribution in [0.3, 0.4) is 0 Å². The highest BCUT2D eigenvalue weighted by molar-refractivity contribution is 6.35. The molecule has 2 atom stereocenters. The fraction of sp³-hybridized carbons (Fsp3) is 0.462. The maximum atomic E-state index is 9.62. The average molecular weight is 313 g/mol. The molecule has 0 spiro atoms. The maximum absolute atomic E-state index is 9.62. The molecule has 3 radical (unpaired) electrons. The van der Waals surface area contributed by atoms with Crippen LogP contribution in [0.5, 0.6) is 5.75 Å². The quantitative estimate of drug-likeness (QED) is 0.744. The zero-order valence-electron chi connectivity index (χ0n) is 10.8. The Morgan fingerprint density at radius 2 is 2.05 bits per heavy atom. The molecule has 99 valence electrons. The van der Waals surface area contributed by atoms with E-state index in [-0.39, 0.29) is 5.92 Å². The van der Waals surface area contributed by atoms with Gasteiger partial charge in [-0.05, 0) is 26.0 Å². The van der Waals surface area contributed by atoms with E-state index in [4.69, 9.17) is 32.4 Å². The Balaban J connectivity index is 2.80. The van der Waals surface area contributed by atoms with Gasteiger partial charge in [-0.25, -0.2) is 0 Å². The summed E-state index contributed by atoms with van der Waals surface area (Å²) in [5.41, 5.74) is -1.27. The maximum Gasteiger partial charge on any atom is 0.249 e. The van der Waals surface area contributed by atoms with Crippen molar-refractivity contribution in [2.75, 3.05) is 0 Å². The molecule has 0 amide bonds. The number of rotatable bonds is 1. The van der Waals surface area contributed by atoms with Crippen LogP contribution < -0.4 is 4.74 Å². The van der Waals surface area contributed by atoms with Gasteiger partial charge in [-0.15, -0.1) is 0 Å². The summed E-state index contributed by atoms with van der Waals surface area (Å²) < 4.78 is 11.3. The second kappa shape index (κ2) is 4.67. The lowest BCUT2D eigenvalue weighted by molar-refractivity contribution is -0.0684. The van der Waals surface area contributed by atoms with Crippen LogP contribution in [0.4, 0.5) is 0 Å². The lowest BCUT2D eigenvalue weighted by Gasteiger charge is -2.47. The number of nitriles is 1. The molecule has 3 nitrogen and oxygen atoms in total. The molecule has 1 aliphatic heterocycles. The van der Waals surface area contributed by atoms with Crippen LogP contribution in [0.15, 0.2) is 12.1 Å². The fourth-order valence-corrected chi connectivity index (χ4v) is 3.20. The summed E-state index contributed by atoms with van der Waals surface area (Å²) in [6, 6.07) is 5.45. The first-order chi connectivity index (χ1) is 8.78. The number of nitrogens with zero attached hydrogens (tertiary/aromatic N) is 1. The molecule has 2 unspecified atom stereocenters. The van der Waals surface area contributed by atoms with Crippen molar-refractivity contribution in [1.29, 1.82) is 5.26 Å². The lowest BCUT2D eigenvalue weighted by atomic mass is 9.72. The van der Waals surface area contributed by atoms with Gasteiger partial charge in [0, 0.05) is 16.5 Å². The summed E-state index contributed by atoms with van der Waals surface area (Å²) in [6.07, 6.45) is 0. The van der Waals surface area contributed by atoms with Gasteiger partial charge in [0.2, 0.25) is 10.5 Å². The molecule has 19 heavy (non-hydrogen) atoms. The first kappa shape index (κ1) is 14.7. The predicted molar refractivity (Wildman–Crippen MR) is 74.5 cm³/mol. The van der Waals surface area contributed by atoms with Crippen molar-refractivity contribution in [3.8, 4) is 11.8 Å². The molecule has 0 aromatic heterocycles. The second-order valence-corrected chi connectivity index (χ2v) is 6.19. The number of halogens is 2. The molecule has 1 aromatic rings. The zero-order valence-corrected chi connectivity index (χ0v) is 13.3. The van der Waals surface area contributed by atoms with Gasteiger partial charge in [-0.2, -0.15) is 5.26 Å². The molecule has 0 bridgehead atoms. The van der Waals surface area contributed by atoms with E-state index < -0.39 is 11.2 Å². The molecule has 0 fully saturated rings. The van der Waals surface area contributed by atoms with Crippen molar-refractivity contribution in [2.45, 2.75) is 32.0 Å². The van der Waals surface area contributed by atoms with Crippen LogP contribution in [0.1, 0.15) is 26.3 Å². The normalized spacial score (nSPS) is 28.2. The van der Waals surface area contributed by atoms with Gasteiger partial charge < -0.3 is 9.16 Å². The van der Waals surface area contributed by atoms with Gasteiger partial charge in [-0.1, -0.05) is 30.1 Å². The lowest BCUT2D eigenvalue weighted by Crippen LogP contribution is -2.53. The Morgan fingerprint density at radius 1 is 1.42 bits per heavy atom. The summed E-state index contributed by atoms with van der Waals surface area (Å²) in [6.45, 7) is 5.67. The number of benzene rings is 1. The minimum atomic E-state index is -1.21. The highest BCUT2D eigenvalue weighted by atomic mass is 35.5. The smallest absolute Gasteiger partial charge is 0.249 e. The third-order valence-corrected chi connectivity index (χ3v) is 4.57. The van der Waals surface area contributed by atoms with Crippen molar-refractivity contribution in [3.05, 3.63) is 27.7 Å². The Labute approximate surface area is 126 Å². The monoisotopic (exact) mass is 312 g/mol. The number of hydrogen-bond donors (Lipinski definition) is 0. The molecule has 2 rings (SSSR count). The molecular formula is C13H12Cl2NO2Si. The van der Waals surface area contributed by atoms with Crippen LogP contribution in [-0.4, -0.2) is 16.1 Å². The number of fused-ring (bicyclic) bond motifs is 1. The van der Waals surface area contributed by atoms with Crippen molar-refractivity contribution in [2.24, 2.45) is 5.92 Å². The molecular weight excluding hydrogens is 301 g/mol. The van der Waals surface area contributed by atoms with E-state index in [0.29, 0.717) is 21.4 Å². The Hall–Kier alpha value is -0.733. The Morgan fingerprint density at radius 3 is 2.58 bits per heavy atom. The summed E-state index contributed by atoms with van der Waals surface area (Å²) >= 11 is 12.2. The molecule has 0 saturated heterocycles. The standard InChI is InChI=1S/C13H12Cl2NO2Si/c1-7-12(2,3)17-11-9(13(7,6-16)18-19)4-8(14)5-10(11)15/h4-5,7H,1-3H3. The van der Waals surface area contributed by atoms with Crippen molar-refractivity contribution in [3.63, 3.8) is 0 Å². The topological polar surface area (TPSA) is 42.2 Å². The number of ether oxygens (including phenoxy) is 1. The van der Waals surface area contributed by atoms with Crippen molar-refractivity contribution < 1.29 is 9.16 Å². The van der Waals surface area contributed by atoms with E-state index in [1.165, 1.54) is 0 Å². The Bertz CT molecular complexity index is 570. The van der Waals surface area contributed by atoms with Gasteiger partial charge in [0.25, 0.3) is 0 Å². The average Bonchev–Trinajstić information content (AvgIpc) is 2.34. The minimum Gasteiger partial charge on any atom is -0.485 e. The van der Waals surface area contributed by atoms with Gasteiger partial charge in [0.05, 0.1) is 5.02 Å². The van der Waals surface area contributed by atoms with Crippen LogP contribution in [-0.2, 0) is 10.0 Å². The second-order valence-electron chi connectivity index (χ2n) is 5.14. The zero-order chi connectivity index (χ0) is 14.4. The third-order valence-electron chi connectivity index (χ3n) is 3.75. The van der Waals surface area contributed by atoms with Crippen molar-refractivity contribution >= 4 is 33.7 Å². The molecule has 6 heteroatoms. The van der Waals surface area contributed by atoms with E-state index in [9.17, 15) is 5.26 Å². The van der Waals surface area contributed by atoms with Crippen LogP contribution in [0, 0.1) is 17.2 Å². The van der Waals surface area contributed by atoms with Crippen molar-refractivity contribution in [1.82, 2.24) is 0 Å². The van der Waals surface area contributed by atoms with Gasteiger partial charge in [0.1, 0.15) is 17.4 Å². The van der Waals surface area contributed by atoms with E-state index in [2.05, 4.69) is 16.6 Å². The van der Waals surface area contributed by atoms with E-state index >= 15 is 0 Å². The molecule has 0 saturated carbocycles. The largest absolute Gasteiger partial charge is 0.485 e. The predicted octanol–water partition coefficient (Wildman–Crippen LogP) is 3.62. The fourth-order valence-electron chi connectivity index (χ4n) is 2.34. The third kappa shape index (κ3) is 2.05. The van der Waals surface area contributed by atoms with E-state index in [0.717, 1.165) is 0 Å². The Kier molecular flexibility index (Phi) is 3.61. The van der Waals surface area contributed by atoms with Crippen LogP contribution >= 0.6 is 23.2 Å². The van der Waals surface area contributed by atoms with Gasteiger partial charge >= 0.3 is 0 Å². The molecule has 1 aliphatic rings. The SMILES string of the molecule is CC1C(C)(C)Oc2c(Cl)cc(Cl)cc2C1(C#N)O[Si].